The van der Waals surface area contributed by atoms with E-state index in [1.807, 2.05) is 0 Å². The molecule has 290 valence electrons. The molecule has 0 saturated carbocycles. The molecule has 1 aromatic carbocycles. The Balaban J connectivity index is 1.15. The summed E-state index contributed by atoms with van der Waals surface area (Å²) in [6, 6.07) is -0.209. The van der Waals surface area contributed by atoms with Crippen LogP contribution in [0.3, 0.4) is 0 Å². The van der Waals surface area contributed by atoms with E-state index in [0.29, 0.717) is 37.6 Å². The van der Waals surface area contributed by atoms with Gasteiger partial charge in [-0.3, -0.25) is 4.79 Å². The fourth-order valence-corrected chi connectivity index (χ4v) is 7.84. The zero-order chi connectivity index (χ0) is 37.9. The number of methoxy groups -OCH3 is 1. The maximum absolute atomic E-state index is 14.1. The molecule has 22 heteroatoms. The van der Waals surface area contributed by atoms with Crippen molar-refractivity contribution in [2.75, 3.05) is 59.8 Å². The highest BCUT2D eigenvalue weighted by Gasteiger charge is 2.50. The average molecular weight is 780 g/mol. The summed E-state index contributed by atoms with van der Waals surface area (Å²) in [6.45, 7) is 0.452. The van der Waals surface area contributed by atoms with Crippen LogP contribution in [0.4, 0.5) is 13.2 Å². The highest BCUT2D eigenvalue weighted by atomic mass is 32.2. The molecule has 18 nitrogen and oxygen atoms in total. The molecular formula is C32H36F3N9O9S. The third kappa shape index (κ3) is 7.91. The van der Waals surface area contributed by atoms with Gasteiger partial charge in [-0.1, -0.05) is 10.4 Å². The molecule has 0 spiro atoms. The maximum Gasteiger partial charge on any atom is 0.316 e. The maximum atomic E-state index is 14.1. The SMILES string of the molecule is COc1ncc(-c2cn([C@H]3COC[C@@H](S[C@@H]4O[C@H](CO)[C@H](O)[C@H](n5cc(-c6cc(F)c(F)c(F)c6)nn5)[C@H]4OCC(=O)N4CCOCC4)[C@@H]3O)nn2)cn1. The lowest BCUT2D eigenvalue weighted by molar-refractivity contribution is -0.196. The van der Waals surface area contributed by atoms with Gasteiger partial charge in [0.1, 0.15) is 53.8 Å². The average Bonchev–Trinajstić information content (AvgIpc) is 3.89. The molecule has 0 radical (unpaired) electrons. The van der Waals surface area contributed by atoms with Crippen molar-refractivity contribution in [3.8, 4) is 28.5 Å². The van der Waals surface area contributed by atoms with Gasteiger partial charge in [-0.05, 0) is 12.1 Å². The van der Waals surface area contributed by atoms with Crippen molar-refractivity contribution in [3.63, 3.8) is 0 Å². The second-order valence-corrected chi connectivity index (χ2v) is 14.0. The summed E-state index contributed by atoms with van der Waals surface area (Å²) in [5.41, 5.74) is -0.257. The Labute approximate surface area is 309 Å². The normalized spacial score (nSPS) is 27.6. The quantitative estimate of drug-likeness (QED) is 0.171. The molecule has 4 aromatic rings. The smallest absolute Gasteiger partial charge is 0.316 e. The van der Waals surface area contributed by atoms with E-state index in [0.717, 1.165) is 23.9 Å². The van der Waals surface area contributed by atoms with E-state index in [9.17, 15) is 33.3 Å². The monoisotopic (exact) mass is 779 g/mol. The number of thioether (sulfide) groups is 1. The van der Waals surface area contributed by atoms with E-state index in [1.54, 1.807) is 11.1 Å². The Morgan fingerprint density at radius 2 is 1.61 bits per heavy atom. The molecule has 3 aromatic heterocycles. The lowest BCUT2D eigenvalue weighted by atomic mass is 9.97. The third-order valence-corrected chi connectivity index (χ3v) is 10.7. The van der Waals surface area contributed by atoms with Crippen molar-refractivity contribution in [2.45, 2.75) is 47.2 Å². The van der Waals surface area contributed by atoms with E-state index in [2.05, 4.69) is 30.6 Å². The molecule has 8 atom stereocenters. The van der Waals surface area contributed by atoms with E-state index < -0.39 is 77.9 Å². The number of rotatable bonds is 11. The highest BCUT2D eigenvalue weighted by molar-refractivity contribution is 8.00. The highest BCUT2D eigenvalue weighted by Crippen LogP contribution is 2.41. The van der Waals surface area contributed by atoms with Crippen LogP contribution in [0, 0.1) is 17.5 Å². The van der Waals surface area contributed by atoms with Gasteiger partial charge in [-0.2, -0.15) is 0 Å². The van der Waals surface area contributed by atoms with Gasteiger partial charge in [0.15, 0.2) is 17.5 Å². The first-order chi connectivity index (χ1) is 26.1. The van der Waals surface area contributed by atoms with Gasteiger partial charge < -0.3 is 43.9 Å². The Morgan fingerprint density at radius 1 is 0.944 bits per heavy atom. The summed E-state index contributed by atoms with van der Waals surface area (Å²) in [5.74, 6) is -4.88. The molecule has 3 N–H and O–H groups in total. The number of carbonyl (C=O) groups excluding carboxylic acids is 1. The van der Waals surface area contributed by atoms with Crippen LogP contribution in [0.25, 0.3) is 22.5 Å². The largest absolute Gasteiger partial charge is 0.467 e. The molecule has 0 bridgehead atoms. The van der Waals surface area contributed by atoms with E-state index in [-0.39, 0.29) is 36.4 Å². The number of benzene rings is 1. The first kappa shape index (κ1) is 38.0. The standard InChI is InChI=1S/C32H36F3N9O9S/c1-49-32-36-8-17(9-37-32)21-10-43(40-39-21)22-13-51-14-24(28(22)47)54-31-30(52-15-25(46)42-2-4-50-5-3-42)27(29(48)23(12-45)53-31)44-11-20(38-41-44)16-6-18(33)26(35)19(34)7-16/h6-11,22-24,27-31,45,47-48H,2-5,12-15H2,1H3/t22-,23+,24+,27-,28+,29-,30+,31-/m0/s1. The Kier molecular flexibility index (Phi) is 11.7. The number of amides is 1. The number of aliphatic hydroxyl groups is 3. The summed E-state index contributed by atoms with van der Waals surface area (Å²) >= 11 is 1.09. The number of aromatic nitrogens is 8. The van der Waals surface area contributed by atoms with Crippen LogP contribution in [0.1, 0.15) is 12.1 Å². The van der Waals surface area contributed by atoms with Crippen LogP contribution in [0.5, 0.6) is 6.01 Å². The number of hydrogen-bond acceptors (Lipinski definition) is 16. The first-order valence-electron chi connectivity index (χ1n) is 16.8. The van der Waals surface area contributed by atoms with Crippen LogP contribution >= 0.6 is 11.8 Å². The van der Waals surface area contributed by atoms with Crippen LogP contribution in [0.2, 0.25) is 0 Å². The summed E-state index contributed by atoms with van der Waals surface area (Å²) in [4.78, 5) is 23.0. The van der Waals surface area contributed by atoms with Gasteiger partial charge in [0, 0.05) is 36.6 Å². The minimum absolute atomic E-state index is 0.0572. The van der Waals surface area contributed by atoms with Gasteiger partial charge in [0.2, 0.25) is 5.91 Å². The summed E-state index contributed by atoms with van der Waals surface area (Å²) in [6.07, 6.45) is 0.942. The molecule has 1 amide bonds. The van der Waals surface area contributed by atoms with E-state index in [4.69, 9.17) is 23.7 Å². The molecule has 54 heavy (non-hydrogen) atoms. The summed E-state index contributed by atoms with van der Waals surface area (Å²) < 4.78 is 73.2. The Morgan fingerprint density at radius 3 is 2.30 bits per heavy atom. The molecular weight excluding hydrogens is 743 g/mol. The predicted molar refractivity (Wildman–Crippen MR) is 178 cm³/mol. The number of hydrogen-bond donors (Lipinski definition) is 3. The second-order valence-electron chi connectivity index (χ2n) is 12.6. The second kappa shape index (κ2) is 16.6. The lowest BCUT2D eigenvalue weighted by Gasteiger charge is -2.45. The first-order valence-corrected chi connectivity index (χ1v) is 17.8. The zero-order valence-corrected chi connectivity index (χ0v) is 29.4. The molecule has 0 unspecified atom stereocenters. The van der Waals surface area contributed by atoms with Crippen LogP contribution in [0.15, 0.2) is 36.9 Å². The van der Waals surface area contributed by atoms with Gasteiger partial charge in [-0.25, -0.2) is 32.5 Å². The number of carbonyl (C=O) groups is 1. The zero-order valence-electron chi connectivity index (χ0n) is 28.6. The van der Waals surface area contributed by atoms with Crippen molar-refractivity contribution >= 4 is 17.7 Å². The number of ether oxygens (including phenoxy) is 5. The number of nitrogens with zero attached hydrogens (tertiary/aromatic N) is 9. The molecule has 3 saturated heterocycles. The van der Waals surface area contributed by atoms with Crippen molar-refractivity contribution in [3.05, 3.63) is 54.4 Å². The molecule has 6 heterocycles. The van der Waals surface area contributed by atoms with Crippen LogP contribution in [-0.2, 0) is 23.7 Å². The van der Waals surface area contributed by atoms with Gasteiger partial charge >= 0.3 is 6.01 Å². The minimum Gasteiger partial charge on any atom is -0.467 e. The van der Waals surface area contributed by atoms with Gasteiger partial charge in [-0.15, -0.1) is 22.0 Å². The van der Waals surface area contributed by atoms with E-state index >= 15 is 0 Å². The molecule has 3 fully saturated rings. The van der Waals surface area contributed by atoms with Gasteiger partial charge in [0.25, 0.3) is 0 Å². The lowest BCUT2D eigenvalue weighted by Crippen LogP contribution is -2.57. The topological polar surface area (TPSA) is 214 Å². The van der Waals surface area contributed by atoms with Crippen molar-refractivity contribution in [1.82, 2.24) is 44.9 Å². The number of aliphatic hydroxyl groups excluding tert-OH is 3. The third-order valence-electron chi connectivity index (χ3n) is 9.29. The minimum atomic E-state index is -1.65. The van der Waals surface area contributed by atoms with Crippen molar-refractivity contribution in [2.24, 2.45) is 0 Å². The van der Waals surface area contributed by atoms with Crippen LogP contribution < -0.4 is 4.74 Å². The molecule has 7 rings (SSSR count). The summed E-state index contributed by atoms with van der Waals surface area (Å²) in [7, 11) is 1.45. The van der Waals surface area contributed by atoms with E-state index in [1.165, 1.54) is 35.1 Å². The molecule has 0 aliphatic carbocycles. The number of morpholine rings is 1. The Bertz CT molecular complexity index is 1880. The summed E-state index contributed by atoms with van der Waals surface area (Å²) in [5, 5.41) is 49.2. The molecule has 3 aliphatic rings. The van der Waals surface area contributed by atoms with Crippen molar-refractivity contribution < 1.29 is 57.0 Å². The predicted octanol–water partition coefficient (Wildman–Crippen LogP) is 0.0169. The Hall–Kier alpha value is -4.29. The number of halogens is 3. The van der Waals surface area contributed by atoms with Crippen molar-refractivity contribution in [1.29, 1.82) is 0 Å². The van der Waals surface area contributed by atoms with Crippen LogP contribution in [-0.4, -0.2) is 161 Å². The van der Waals surface area contributed by atoms with Gasteiger partial charge in [0.05, 0.1) is 63.9 Å². The fraction of sp³-hybridized carbons (Fsp3) is 0.531. The molecule has 3 aliphatic heterocycles. The fourth-order valence-electron chi connectivity index (χ4n) is 6.38.